The molecule has 0 bridgehead atoms. The fourth-order valence-electron chi connectivity index (χ4n) is 3.01. The summed E-state index contributed by atoms with van der Waals surface area (Å²) in [6, 6.07) is 10.1. The van der Waals surface area contributed by atoms with Crippen molar-refractivity contribution in [3.05, 3.63) is 48.3 Å². The van der Waals surface area contributed by atoms with Crippen LogP contribution in [-0.4, -0.2) is 46.5 Å². The molecule has 0 aliphatic carbocycles. The molecule has 6 heteroatoms. The lowest BCUT2D eigenvalue weighted by molar-refractivity contribution is -0.0113. The van der Waals surface area contributed by atoms with Crippen LogP contribution in [0.5, 0.6) is 0 Å². The van der Waals surface area contributed by atoms with Gasteiger partial charge in [-0.25, -0.2) is 4.79 Å². The molecule has 25 heavy (non-hydrogen) atoms. The Morgan fingerprint density at radius 1 is 1.36 bits per heavy atom. The Morgan fingerprint density at radius 2 is 2.16 bits per heavy atom. The number of nitrogens with one attached hydrogen (secondary N) is 1. The first-order chi connectivity index (χ1) is 12.1. The lowest BCUT2D eigenvalue weighted by Gasteiger charge is -2.33. The number of carbonyl (C=O) groups is 1. The van der Waals surface area contributed by atoms with Crippen molar-refractivity contribution in [1.82, 2.24) is 14.7 Å². The summed E-state index contributed by atoms with van der Waals surface area (Å²) in [4.78, 5) is 14.3. The Hall–Kier alpha value is -2.34. The highest BCUT2D eigenvalue weighted by atomic mass is 16.5. The van der Waals surface area contributed by atoms with Crippen LogP contribution in [0.4, 0.5) is 10.5 Å². The summed E-state index contributed by atoms with van der Waals surface area (Å²) >= 11 is 0. The number of morpholine rings is 1. The summed E-state index contributed by atoms with van der Waals surface area (Å²) in [6.45, 7) is 6.89. The van der Waals surface area contributed by atoms with Gasteiger partial charge in [0.15, 0.2) is 0 Å². The maximum atomic E-state index is 12.5. The lowest BCUT2D eigenvalue weighted by Crippen LogP contribution is -2.48. The molecule has 0 radical (unpaired) electrons. The highest BCUT2D eigenvalue weighted by molar-refractivity contribution is 5.89. The lowest BCUT2D eigenvalue weighted by atomic mass is 10.1. The zero-order chi connectivity index (χ0) is 17.6. The van der Waals surface area contributed by atoms with Crippen molar-refractivity contribution in [3.63, 3.8) is 0 Å². The average molecular weight is 342 g/mol. The normalized spacial score (nSPS) is 17.7. The number of ether oxygens (including phenoxy) is 1. The van der Waals surface area contributed by atoms with Gasteiger partial charge in [0.2, 0.25) is 0 Å². The molecule has 1 atom stereocenters. The van der Waals surface area contributed by atoms with Crippen LogP contribution in [0.3, 0.4) is 0 Å². The summed E-state index contributed by atoms with van der Waals surface area (Å²) in [5.41, 5.74) is 1.96. The molecule has 2 heterocycles. The summed E-state index contributed by atoms with van der Waals surface area (Å²) in [5.74, 6) is 0.515. The fourth-order valence-corrected chi connectivity index (χ4v) is 3.01. The fraction of sp³-hybridized carbons (Fsp3) is 0.474. The zero-order valence-electron chi connectivity index (χ0n) is 14.9. The molecule has 0 saturated carbocycles. The van der Waals surface area contributed by atoms with Gasteiger partial charge in [0.1, 0.15) is 0 Å². The van der Waals surface area contributed by atoms with E-state index in [1.54, 1.807) is 6.20 Å². The number of nitrogens with zero attached hydrogens (tertiary/aromatic N) is 3. The molecule has 3 rings (SSSR count). The predicted octanol–water partition coefficient (Wildman–Crippen LogP) is 3.01. The number of anilines is 1. The molecule has 1 aromatic carbocycles. The second kappa shape index (κ2) is 8.16. The monoisotopic (exact) mass is 342 g/mol. The molecule has 0 unspecified atom stereocenters. The van der Waals surface area contributed by atoms with Gasteiger partial charge in [-0.05, 0) is 11.5 Å². The maximum Gasteiger partial charge on any atom is 0.322 e. The van der Waals surface area contributed by atoms with E-state index in [1.165, 1.54) is 5.56 Å². The van der Waals surface area contributed by atoms with Crippen molar-refractivity contribution in [1.29, 1.82) is 0 Å². The van der Waals surface area contributed by atoms with Crippen molar-refractivity contribution >= 4 is 11.7 Å². The Bertz CT molecular complexity index is 684. The van der Waals surface area contributed by atoms with Crippen molar-refractivity contribution in [2.45, 2.75) is 32.9 Å². The molecule has 2 aromatic rings. The van der Waals surface area contributed by atoms with Crippen LogP contribution in [0, 0.1) is 5.92 Å². The zero-order valence-corrected chi connectivity index (χ0v) is 14.9. The van der Waals surface area contributed by atoms with E-state index in [4.69, 9.17) is 4.74 Å². The number of hydrogen-bond donors (Lipinski definition) is 1. The predicted molar refractivity (Wildman–Crippen MR) is 97.5 cm³/mol. The highest BCUT2D eigenvalue weighted by Gasteiger charge is 2.24. The van der Waals surface area contributed by atoms with E-state index in [-0.39, 0.29) is 12.1 Å². The first-order valence-electron chi connectivity index (χ1n) is 8.84. The summed E-state index contributed by atoms with van der Waals surface area (Å²) in [5, 5.41) is 7.22. The molecule has 1 aromatic heterocycles. The minimum absolute atomic E-state index is 0.0329. The molecule has 1 N–H and O–H groups in total. The van der Waals surface area contributed by atoms with Crippen molar-refractivity contribution in [3.8, 4) is 0 Å². The maximum absolute atomic E-state index is 12.5. The second-order valence-electron chi connectivity index (χ2n) is 6.90. The van der Waals surface area contributed by atoms with E-state index in [0.29, 0.717) is 25.6 Å². The number of aromatic nitrogens is 2. The smallest absolute Gasteiger partial charge is 0.322 e. The molecule has 1 aliphatic heterocycles. The number of benzene rings is 1. The van der Waals surface area contributed by atoms with Crippen LogP contribution < -0.4 is 5.32 Å². The molecule has 0 spiro atoms. The standard InChI is InChI=1S/C19H26N4O2/c1-15(2)12-23-13-17(11-20-23)21-19(24)22-8-9-25-18(14-22)10-16-6-4-3-5-7-16/h3-7,11,13,15,18H,8-10,12,14H2,1-2H3,(H,21,24)/t18-/m0/s1. The van der Waals surface area contributed by atoms with Crippen molar-refractivity contribution < 1.29 is 9.53 Å². The Kier molecular flexibility index (Phi) is 5.71. The average Bonchev–Trinajstić information content (AvgIpc) is 3.02. The molecule has 1 aliphatic rings. The largest absolute Gasteiger partial charge is 0.374 e. The Morgan fingerprint density at radius 3 is 2.92 bits per heavy atom. The number of amides is 2. The summed E-state index contributed by atoms with van der Waals surface area (Å²) in [6.07, 6.45) is 4.42. The quantitative estimate of drug-likeness (QED) is 0.909. The first kappa shape index (κ1) is 17.5. The van der Waals surface area contributed by atoms with Gasteiger partial charge in [-0.15, -0.1) is 0 Å². The van der Waals surface area contributed by atoms with Gasteiger partial charge in [-0.3, -0.25) is 4.68 Å². The minimum atomic E-state index is -0.0922. The van der Waals surface area contributed by atoms with Crippen LogP contribution in [0.2, 0.25) is 0 Å². The van der Waals surface area contributed by atoms with Gasteiger partial charge in [0.05, 0.1) is 24.6 Å². The van der Waals surface area contributed by atoms with Gasteiger partial charge in [-0.1, -0.05) is 44.2 Å². The molecule has 6 nitrogen and oxygen atoms in total. The summed E-state index contributed by atoms with van der Waals surface area (Å²) < 4.78 is 7.68. The van der Waals surface area contributed by atoms with Gasteiger partial charge in [-0.2, -0.15) is 5.10 Å². The van der Waals surface area contributed by atoms with E-state index < -0.39 is 0 Å². The number of carbonyl (C=O) groups excluding carboxylic acids is 1. The SMILES string of the molecule is CC(C)Cn1cc(NC(=O)N2CCO[C@@H](Cc3ccccc3)C2)cn1. The van der Waals surface area contributed by atoms with E-state index in [0.717, 1.165) is 18.7 Å². The number of hydrogen-bond acceptors (Lipinski definition) is 3. The van der Waals surface area contributed by atoms with Gasteiger partial charge < -0.3 is 15.0 Å². The van der Waals surface area contributed by atoms with Gasteiger partial charge in [0.25, 0.3) is 0 Å². The molecular weight excluding hydrogens is 316 g/mol. The highest BCUT2D eigenvalue weighted by Crippen LogP contribution is 2.14. The molecule has 1 saturated heterocycles. The van der Waals surface area contributed by atoms with E-state index >= 15 is 0 Å². The Labute approximate surface area is 148 Å². The molecule has 1 fully saturated rings. The molecule has 134 valence electrons. The number of urea groups is 1. The molecule has 2 amide bonds. The van der Waals surface area contributed by atoms with Crippen molar-refractivity contribution in [2.24, 2.45) is 5.92 Å². The third-order valence-electron chi connectivity index (χ3n) is 4.17. The van der Waals surface area contributed by atoms with Crippen LogP contribution >= 0.6 is 0 Å². The topological polar surface area (TPSA) is 59.4 Å². The third kappa shape index (κ3) is 5.06. The summed E-state index contributed by atoms with van der Waals surface area (Å²) in [7, 11) is 0. The van der Waals surface area contributed by atoms with Gasteiger partial charge >= 0.3 is 6.03 Å². The number of rotatable bonds is 5. The molecular formula is C19H26N4O2. The van der Waals surface area contributed by atoms with Gasteiger partial charge in [0, 0.05) is 32.3 Å². The van der Waals surface area contributed by atoms with Crippen LogP contribution in [0.15, 0.2) is 42.7 Å². The first-order valence-corrected chi connectivity index (χ1v) is 8.84. The Balaban J connectivity index is 1.54. The van der Waals surface area contributed by atoms with Crippen LogP contribution in [0.25, 0.3) is 0 Å². The van der Waals surface area contributed by atoms with E-state index in [9.17, 15) is 4.79 Å². The third-order valence-corrected chi connectivity index (χ3v) is 4.17. The van der Waals surface area contributed by atoms with Crippen LogP contribution in [-0.2, 0) is 17.7 Å². The van der Waals surface area contributed by atoms with Crippen LogP contribution in [0.1, 0.15) is 19.4 Å². The second-order valence-corrected chi connectivity index (χ2v) is 6.90. The van der Waals surface area contributed by atoms with E-state index in [1.807, 2.05) is 34.0 Å². The van der Waals surface area contributed by atoms with E-state index in [2.05, 4.69) is 36.4 Å². The van der Waals surface area contributed by atoms with Crippen molar-refractivity contribution in [2.75, 3.05) is 25.0 Å². The minimum Gasteiger partial charge on any atom is -0.374 e.